The van der Waals surface area contributed by atoms with Gasteiger partial charge in [-0.2, -0.15) is 0 Å². The molecule has 1 aromatic rings. The average Bonchev–Trinajstić information content (AvgIpc) is 2.35. The molecule has 1 aromatic carbocycles. The van der Waals surface area contributed by atoms with Crippen LogP contribution in [0.3, 0.4) is 0 Å². The third-order valence-electron chi connectivity index (χ3n) is 2.72. The zero-order valence-corrected chi connectivity index (χ0v) is 12.6. The summed E-state index contributed by atoms with van der Waals surface area (Å²) in [7, 11) is -4.12. The van der Waals surface area contributed by atoms with E-state index in [-0.39, 0.29) is 6.54 Å². The largest absolute Gasteiger partial charge is 0.327 e. The van der Waals surface area contributed by atoms with Gasteiger partial charge in [0.2, 0.25) is 10.0 Å². The number of sulfonamides is 1. The predicted octanol–water partition coefficient (Wildman–Crippen LogP) is 1.39. The van der Waals surface area contributed by atoms with E-state index in [1.54, 1.807) is 0 Å². The Kier molecular flexibility index (Phi) is 5.76. The lowest BCUT2D eigenvalue weighted by atomic mass is 10.1. The second-order valence-corrected chi connectivity index (χ2v) is 6.85. The van der Waals surface area contributed by atoms with Crippen LogP contribution in [0.25, 0.3) is 0 Å². The molecule has 0 radical (unpaired) electrons. The van der Waals surface area contributed by atoms with E-state index >= 15 is 0 Å². The van der Waals surface area contributed by atoms with Gasteiger partial charge in [-0.1, -0.05) is 13.8 Å². The summed E-state index contributed by atoms with van der Waals surface area (Å²) in [6.07, 6.45) is 0.605. The Bertz CT molecular complexity index is 619. The third kappa shape index (κ3) is 5.03. The van der Waals surface area contributed by atoms with Gasteiger partial charge in [0.25, 0.3) is 5.69 Å². The van der Waals surface area contributed by atoms with Crippen LogP contribution in [0.2, 0.25) is 0 Å². The number of nitrogens with two attached hydrogens (primary N) is 1. The number of nitro groups is 1. The lowest BCUT2D eigenvalue weighted by molar-refractivity contribution is -0.388. The molecule has 0 amide bonds. The molecule has 21 heavy (non-hydrogen) atoms. The number of hydrogen-bond acceptors (Lipinski definition) is 5. The van der Waals surface area contributed by atoms with Gasteiger partial charge in [-0.05, 0) is 24.5 Å². The van der Waals surface area contributed by atoms with Gasteiger partial charge >= 0.3 is 0 Å². The molecule has 0 aliphatic heterocycles. The van der Waals surface area contributed by atoms with Gasteiger partial charge in [0.1, 0.15) is 5.82 Å². The Hall–Kier alpha value is -1.58. The number of nitro benzene ring substituents is 1. The molecule has 0 bridgehead atoms. The van der Waals surface area contributed by atoms with Crippen molar-refractivity contribution in [3.05, 3.63) is 34.1 Å². The summed E-state index contributed by atoms with van der Waals surface area (Å²) in [4.78, 5) is 9.31. The molecule has 0 aliphatic carbocycles. The predicted molar refractivity (Wildman–Crippen MR) is 75.7 cm³/mol. The summed E-state index contributed by atoms with van der Waals surface area (Å²) >= 11 is 0. The lowest BCUT2D eigenvalue weighted by Gasteiger charge is -2.15. The van der Waals surface area contributed by atoms with Crippen molar-refractivity contribution >= 4 is 15.7 Å². The van der Waals surface area contributed by atoms with Crippen LogP contribution in [-0.4, -0.2) is 25.9 Å². The first-order valence-electron chi connectivity index (χ1n) is 6.32. The molecule has 0 saturated carbocycles. The van der Waals surface area contributed by atoms with Gasteiger partial charge in [-0.15, -0.1) is 0 Å². The molecule has 1 rings (SSSR count). The highest BCUT2D eigenvalue weighted by Crippen LogP contribution is 2.24. The van der Waals surface area contributed by atoms with E-state index < -0.39 is 37.4 Å². The molecule has 0 aliphatic rings. The van der Waals surface area contributed by atoms with E-state index in [0.29, 0.717) is 18.4 Å². The molecule has 0 fully saturated rings. The Morgan fingerprint density at radius 3 is 2.57 bits per heavy atom. The fourth-order valence-corrected chi connectivity index (χ4v) is 3.09. The molecule has 1 atom stereocenters. The van der Waals surface area contributed by atoms with Crippen molar-refractivity contribution in [2.75, 3.05) is 6.54 Å². The van der Waals surface area contributed by atoms with Gasteiger partial charge in [0.05, 0.1) is 11.0 Å². The normalized spacial score (nSPS) is 13.4. The molecular weight excluding hydrogens is 301 g/mol. The number of benzene rings is 1. The molecule has 7 nitrogen and oxygen atoms in total. The van der Waals surface area contributed by atoms with E-state index in [9.17, 15) is 22.9 Å². The van der Waals surface area contributed by atoms with E-state index in [1.807, 2.05) is 13.8 Å². The van der Waals surface area contributed by atoms with Gasteiger partial charge in [-0.3, -0.25) is 10.1 Å². The SMILES string of the molecule is CC(C)CC(N)CNS(=O)(=O)c1ccc(F)cc1[N+](=O)[O-]. The number of hydrogen-bond donors (Lipinski definition) is 2. The van der Waals surface area contributed by atoms with Crippen molar-refractivity contribution in [1.82, 2.24) is 4.72 Å². The highest BCUT2D eigenvalue weighted by molar-refractivity contribution is 7.89. The molecule has 0 heterocycles. The maximum Gasteiger partial charge on any atom is 0.292 e. The summed E-state index contributed by atoms with van der Waals surface area (Å²) in [6, 6.07) is 1.89. The first-order valence-corrected chi connectivity index (χ1v) is 7.81. The van der Waals surface area contributed by atoms with Crippen molar-refractivity contribution < 1.29 is 17.7 Å². The summed E-state index contributed by atoms with van der Waals surface area (Å²) in [5, 5.41) is 10.8. The smallest absolute Gasteiger partial charge is 0.292 e. The summed E-state index contributed by atoms with van der Waals surface area (Å²) in [5.74, 6) is -0.582. The zero-order chi connectivity index (χ0) is 16.2. The number of rotatable bonds is 7. The average molecular weight is 319 g/mol. The van der Waals surface area contributed by atoms with Crippen LogP contribution in [0.15, 0.2) is 23.1 Å². The van der Waals surface area contributed by atoms with Crippen LogP contribution in [0.1, 0.15) is 20.3 Å². The van der Waals surface area contributed by atoms with Crippen LogP contribution in [0.5, 0.6) is 0 Å². The Labute approximate surface area is 122 Å². The minimum Gasteiger partial charge on any atom is -0.327 e. The third-order valence-corrected chi connectivity index (χ3v) is 4.19. The lowest BCUT2D eigenvalue weighted by Crippen LogP contribution is -2.38. The maximum atomic E-state index is 13.0. The van der Waals surface area contributed by atoms with Gasteiger partial charge in [0, 0.05) is 12.6 Å². The Morgan fingerprint density at radius 2 is 2.05 bits per heavy atom. The molecule has 9 heteroatoms. The molecule has 3 N–H and O–H groups in total. The molecule has 0 spiro atoms. The van der Waals surface area contributed by atoms with Gasteiger partial charge < -0.3 is 5.73 Å². The standard InChI is InChI=1S/C12H18FN3O4S/c1-8(2)5-10(14)7-15-21(19,20)12-4-3-9(13)6-11(12)16(17)18/h3-4,6,8,10,15H,5,7,14H2,1-2H3. The quantitative estimate of drug-likeness (QED) is 0.582. The first-order chi connectivity index (χ1) is 9.63. The first kappa shape index (κ1) is 17.5. The summed E-state index contributed by atoms with van der Waals surface area (Å²) in [5.41, 5.74) is 4.96. The monoisotopic (exact) mass is 319 g/mol. The van der Waals surface area contributed by atoms with Gasteiger partial charge in [-0.25, -0.2) is 17.5 Å². The second kappa shape index (κ2) is 6.92. The van der Waals surface area contributed by atoms with Crippen molar-refractivity contribution in [3.8, 4) is 0 Å². The van der Waals surface area contributed by atoms with Crippen LogP contribution >= 0.6 is 0 Å². The molecule has 0 aromatic heterocycles. The molecule has 118 valence electrons. The van der Waals surface area contributed by atoms with Crippen LogP contribution < -0.4 is 10.5 Å². The Morgan fingerprint density at radius 1 is 1.43 bits per heavy atom. The van der Waals surface area contributed by atoms with Crippen LogP contribution in [0, 0.1) is 21.8 Å². The van der Waals surface area contributed by atoms with E-state index in [1.165, 1.54) is 0 Å². The number of halogens is 1. The molecular formula is C12H18FN3O4S. The fourth-order valence-electron chi connectivity index (χ4n) is 1.84. The van der Waals surface area contributed by atoms with Crippen molar-refractivity contribution in [3.63, 3.8) is 0 Å². The highest BCUT2D eigenvalue weighted by atomic mass is 32.2. The fraction of sp³-hybridized carbons (Fsp3) is 0.500. The van der Waals surface area contributed by atoms with E-state index in [0.717, 1.165) is 12.1 Å². The number of nitrogens with zero attached hydrogens (tertiary/aromatic N) is 1. The maximum absolute atomic E-state index is 13.0. The van der Waals surface area contributed by atoms with E-state index in [2.05, 4.69) is 4.72 Å². The van der Waals surface area contributed by atoms with Crippen LogP contribution in [0.4, 0.5) is 10.1 Å². The van der Waals surface area contributed by atoms with Crippen LogP contribution in [-0.2, 0) is 10.0 Å². The minimum absolute atomic E-state index is 0.0466. The Balaban J connectivity index is 2.96. The van der Waals surface area contributed by atoms with Crippen molar-refractivity contribution in [2.24, 2.45) is 11.7 Å². The van der Waals surface area contributed by atoms with Crippen molar-refractivity contribution in [2.45, 2.75) is 31.2 Å². The minimum atomic E-state index is -4.12. The zero-order valence-electron chi connectivity index (χ0n) is 11.7. The molecule has 1 unspecified atom stereocenters. The van der Waals surface area contributed by atoms with E-state index in [4.69, 9.17) is 5.73 Å². The molecule has 0 saturated heterocycles. The topological polar surface area (TPSA) is 115 Å². The second-order valence-electron chi connectivity index (χ2n) is 5.11. The number of nitrogens with one attached hydrogen (secondary N) is 1. The summed E-state index contributed by atoms with van der Waals surface area (Å²) < 4.78 is 39.4. The van der Waals surface area contributed by atoms with Gasteiger partial charge in [0.15, 0.2) is 4.90 Å². The summed E-state index contributed by atoms with van der Waals surface area (Å²) in [6.45, 7) is 3.84. The van der Waals surface area contributed by atoms with Crippen molar-refractivity contribution in [1.29, 1.82) is 0 Å². The highest BCUT2D eigenvalue weighted by Gasteiger charge is 2.26.